The number of Topliss-reactive ketones (excluding diaryl/α,β-unsaturated/α-hetero) is 1. The van der Waals surface area contributed by atoms with Gasteiger partial charge in [0.15, 0.2) is 5.78 Å². The van der Waals surface area contributed by atoms with Gasteiger partial charge in [0.05, 0.1) is 0 Å². The quantitative estimate of drug-likeness (QED) is 0.685. The molecule has 0 aromatic carbocycles. The van der Waals surface area contributed by atoms with Gasteiger partial charge >= 0.3 is 0 Å². The Morgan fingerprint density at radius 2 is 1.86 bits per heavy atom. The molecule has 2 aliphatic heterocycles. The third-order valence-electron chi connectivity index (χ3n) is 7.37. The Morgan fingerprint density at radius 3 is 2.64 bits per heavy atom. The fourth-order valence-corrected chi connectivity index (χ4v) is 6.00. The van der Waals surface area contributed by atoms with Crippen molar-refractivity contribution in [3.8, 4) is 0 Å². The maximum absolute atomic E-state index is 12.5. The van der Waals surface area contributed by atoms with Crippen LogP contribution in [0.2, 0.25) is 0 Å². The highest BCUT2D eigenvalue weighted by Gasteiger charge is 2.61. The van der Waals surface area contributed by atoms with Gasteiger partial charge in [-0.15, -0.1) is 0 Å². The minimum Gasteiger partial charge on any atom is -0.491 e. The number of carbonyl (C=O) groups excluding carboxylic acids is 2. The topological polar surface area (TPSA) is 43.4 Å². The van der Waals surface area contributed by atoms with Crippen LogP contribution in [-0.4, -0.2) is 17.2 Å². The highest BCUT2D eigenvalue weighted by atomic mass is 16.5. The molecule has 3 heteroatoms. The summed E-state index contributed by atoms with van der Waals surface area (Å²) in [6, 6.07) is 0. The Labute approximate surface area is 132 Å². The van der Waals surface area contributed by atoms with E-state index in [2.05, 4.69) is 20.8 Å². The second-order valence-electron chi connectivity index (χ2n) is 8.42. The van der Waals surface area contributed by atoms with Crippen LogP contribution in [0.3, 0.4) is 0 Å². The van der Waals surface area contributed by atoms with Gasteiger partial charge in [-0.05, 0) is 44.4 Å². The summed E-state index contributed by atoms with van der Waals surface area (Å²) in [5, 5.41) is 0. The first-order chi connectivity index (χ1) is 10.3. The molecule has 4 rings (SSSR count). The molecule has 0 spiro atoms. The van der Waals surface area contributed by atoms with Crippen molar-refractivity contribution < 1.29 is 14.3 Å². The van der Waals surface area contributed by atoms with Crippen LogP contribution in [0.15, 0.2) is 11.8 Å². The molecular formula is C19H26O3. The van der Waals surface area contributed by atoms with Crippen LogP contribution < -0.4 is 0 Å². The van der Waals surface area contributed by atoms with E-state index in [1.54, 1.807) is 6.08 Å². The highest BCUT2D eigenvalue weighted by Crippen LogP contribution is 2.62. The number of rotatable bonds is 0. The molecule has 0 aromatic rings. The number of ketones is 2. The van der Waals surface area contributed by atoms with Gasteiger partial charge in [-0.25, -0.2) is 0 Å². The number of hydrogen-bond acceptors (Lipinski definition) is 3. The Hall–Kier alpha value is -1.12. The SMILES string of the molecule is C[C@H]1C2=CC(=O)CCC(C)(O2)[C@H]2CC[C@]3(C)C(=O)CC[C@H]3[C@H]12. The fourth-order valence-electron chi connectivity index (χ4n) is 6.00. The minimum atomic E-state index is -0.220. The van der Waals surface area contributed by atoms with Gasteiger partial charge in [-0.2, -0.15) is 0 Å². The summed E-state index contributed by atoms with van der Waals surface area (Å²) < 4.78 is 6.35. The molecule has 2 heterocycles. The van der Waals surface area contributed by atoms with Crippen LogP contribution in [0.4, 0.5) is 0 Å². The Bertz CT molecular complexity index is 577. The summed E-state index contributed by atoms with van der Waals surface area (Å²) in [5.41, 5.74) is -0.348. The highest BCUT2D eigenvalue weighted by molar-refractivity contribution is 5.90. The summed E-state index contributed by atoms with van der Waals surface area (Å²) in [4.78, 5) is 24.5. The number of fused-ring (bicyclic) bond motifs is 6. The van der Waals surface area contributed by atoms with Crippen molar-refractivity contribution in [1.29, 1.82) is 0 Å². The maximum atomic E-state index is 12.5. The van der Waals surface area contributed by atoms with E-state index in [4.69, 9.17) is 4.74 Å². The molecule has 6 atom stereocenters. The van der Waals surface area contributed by atoms with E-state index in [0.717, 1.165) is 37.9 Å². The lowest BCUT2D eigenvalue weighted by molar-refractivity contribution is -0.165. The van der Waals surface area contributed by atoms with Crippen molar-refractivity contribution in [3.63, 3.8) is 0 Å². The molecule has 3 fully saturated rings. The first-order valence-electron chi connectivity index (χ1n) is 8.82. The Balaban J connectivity index is 1.79. The van der Waals surface area contributed by atoms with Crippen LogP contribution in [0.25, 0.3) is 0 Å². The van der Waals surface area contributed by atoms with Gasteiger partial charge in [0, 0.05) is 36.2 Å². The van der Waals surface area contributed by atoms with Gasteiger partial charge in [0.2, 0.25) is 0 Å². The summed E-state index contributed by atoms with van der Waals surface area (Å²) in [6.07, 6.45) is 6.98. The number of carbonyl (C=O) groups is 2. The van der Waals surface area contributed by atoms with Gasteiger partial charge < -0.3 is 4.74 Å². The van der Waals surface area contributed by atoms with Crippen LogP contribution in [0.1, 0.15) is 59.3 Å². The minimum absolute atomic E-state index is 0.128. The second-order valence-corrected chi connectivity index (χ2v) is 8.42. The van der Waals surface area contributed by atoms with E-state index in [1.807, 2.05) is 0 Å². The second kappa shape index (κ2) is 4.46. The van der Waals surface area contributed by atoms with Crippen molar-refractivity contribution >= 4 is 11.6 Å². The van der Waals surface area contributed by atoms with Crippen molar-refractivity contribution in [2.45, 2.75) is 64.9 Å². The largest absolute Gasteiger partial charge is 0.491 e. The van der Waals surface area contributed by atoms with Crippen molar-refractivity contribution in [1.82, 2.24) is 0 Å². The Kier molecular flexibility index (Phi) is 2.93. The first kappa shape index (κ1) is 14.5. The van der Waals surface area contributed by atoms with Crippen molar-refractivity contribution in [3.05, 3.63) is 11.8 Å². The smallest absolute Gasteiger partial charge is 0.159 e. The maximum Gasteiger partial charge on any atom is 0.159 e. The van der Waals surface area contributed by atoms with Gasteiger partial charge in [-0.3, -0.25) is 9.59 Å². The average Bonchev–Trinajstić information content (AvgIpc) is 2.69. The molecule has 120 valence electrons. The molecule has 0 N–H and O–H groups in total. The first-order valence-corrected chi connectivity index (χ1v) is 8.82. The summed E-state index contributed by atoms with van der Waals surface area (Å²) >= 11 is 0. The lowest BCUT2D eigenvalue weighted by Gasteiger charge is -2.57. The Morgan fingerprint density at radius 1 is 1.09 bits per heavy atom. The standard InChI is InChI=1S/C19H26O3/c1-11-15-10-12(20)6-9-19(3,22-15)14-7-8-18(2)13(17(11)14)4-5-16(18)21/h10-11,13-14,17H,4-9H2,1-3H3/t11-,13-,14-,17-,18-,19?/m0/s1. The van der Waals surface area contributed by atoms with Gasteiger partial charge in [-0.1, -0.05) is 13.8 Å². The van der Waals surface area contributed by atoms with Crippen LogP contribution in [0.5, 0.6) is 0 Å². The molecule has 1 saturated heterocycles. The monoisotopic (exact) mass is 302 g/mol. The summed E-state index contributed by atoms with van der Waals surface area (Å²) in [7, 11) is 0. The van der Waals surface area contributed by atoms with E-state index in [-0.39, 0.29) is 22.7 Å². The molecule has 0 amide bonds. The predicted octanol–water partition coefficient (Wildman–Crippen LogP) is 3.67. The number of ether oxygens (including phenoxy) is 1. The van der Waals surface area contributed by atoms with Gasteiger partial charge in [0.1, 0.15) is 17.1 Å². The molecule has 0 radical (unpaired) electrons. The predicted molar refractivity (Wildman–Crippen MR) is 83.0 cm³/mol. The zero-order chi connectivity index (χ0) is 15.7. The van der Waals surface area contributed by atoms with E-state index in [9.17, 15) is 9.59 Å². The van der Waals surface area contributed by atoms with Crippen LogP contribution in [-0.2, 0) is 14.3 Å². The molecular weight excluding hydrogens is 276 g/mol. The molecule has 2 saturated carbocycles. The molecule has 2 bridgehead atoms. The van der Waals surface area contributed by atoms with Crippen molar-refractivity contribution in [2.24, 2.45) is 29.1 Å². The lowest BCUT2D eigenvalue weighted by atomic mass is 9.52. The number of hydrogen-bond donors (Lipinski definition) is 0. The van der Waals surface area contributed by atoms with E-state index in [1.165, 1.54) is 0 Å². The molecule has 22 heavy (non-hydrogen) atoms. The zero-order valence-electron chi connectivity index (χ0n) is 13.9. The third-order valence-corrected chi connectivity index (χ3v) is 7.37. The van der Waals surface area contributed by atoms with E-state index in [0.29, 0.717) is 30.0 Å². The summed E-state index contributed by atoms with van der Waals surface area (Å²) in [5.74, 6) is 3.25. The zero-order valence-corrected chi connectivity index (χ0v) is 13.9. The third kappa shape index (κ3) is 1.74. The van der Waals surface area contributed by atoms with Gasteiger partial charge in [0.25, 0.3) is 0 Å². The fraction of sp³-hybridized carbons (Fsp3) is 0.789. The summed E-state index contributed by atoms with van der Waals surface area (Å²) in [6.45, 7) is 6.59. The van der Waals surface area contributed by atoms with E-state index >= 15 is 0 Å². The molecule has 2 aliphatic carbocycles. The average molecular weight is 302 g/mol. The van der Waals surface area contributed by atoms with Crippen molar-refractivity contribution in [2.75, 3.05) is 0 Å². The molecule has 3 nitrogen and oxygen atoms in total. The van der Waals surface area contributed by atoms with Crippen LogP contribution >= 0.6 is 0 Å². The van der Waals surface area contributed by atoms with E-state index < -0.39 is 0 Å². The van der Waals surface area contributed by atoms with Crippen LogP contribution in [0, 0.1) is 29.1 Å². The molecule has 4 aliphatic rings. The number of allylic oxidation sites excluding steroid dienone is 2. The molecule has 1 unspecified atom stereocenters. The molecule has 0 aromatic heterocycles. The normalized spacial score (nSPS) is 50.6. The lowest BCUT2D eigenvalue weighted by Crippen LogP contribution is -2.55.